The van der Waals surface area contributed by atoms with Gasteiger partial charge in [0.15, 0.2) is 0 Å². The Hall–Kier alpha value is -1.87. The highest BCUT2D eigenvalue weighted by atomic mass is 35.5. The van der Waals surface area contributed by atoms with Gasteiger partial charge in [-0.15, -0.1) is 0 Å². The standard InChI is InChI=1S/C16H18ClNO2/c1-12-3-6-14(18)11-16(12)20-10-2-9-19-15-7-4-13(17)5-8-15/h3-8,11H,2,9-10,18H2,1H3. The maximum Gasteiger partial charge on any atom is 0.124 e. The van der Waals surface area contributed by atoms with Crippen molar-refractivity contribution in [3.05, 3.63) is 53.1 Å². The molecule has 0 fully saturated rings. The Morgan fingerprint density at radius 1 is 1.00 bits per heavy atom. The molecule has 0 spiro atoms. The number of ether oxygens (including phenoxy) is 2. The van der Waals surface area contributed by atoms with E-state index in [1.54, 1.807) is 0 Å². The van der Waals surface area contributed by atoms with E-state index in [-0.39, 0.29) is 0 Å². The molecule has 3 nitrogen and oxygen atoms in total. The molecule has 0 amide bonds. The topological polar surface area (TPSA) is 44.5 Å². The molecule has 2 N–H and O–H groups in total. The Morgan fingerprint density at radius 3 is 2.45 bits per heavy atom. The van der Waals surface area contributed by atoms with Crippen LogP contribution in [0.5, 0.6) is 11.5 Å². The minimum Gasteiger partial charge on any atom is -0.493 e. The van der Waals surface area contributed by atoms with Crippen LogP contribution in [0.2, 0.25) is 5.02 Å². The van der Waals surface area contributed by atoms with E-state index in [1.165, 1.54) is 0 Å². The first-order chi connectivity index (χ1) is 9.65. The fourth-order valence-electron chi connectivity index (χ4n) is 1.73. The summed E-state index contributed by atoms with van der Waals surface area (Å²) in [5.74, 6) is 1.64. The van der Waals surface area contributed by atoms with Crippen LogP contribution in [0.3, 0.4) is 0 Å². The lowest BCUT2D eigenvalue weighted by molar-refractivity contribution is 0.246. The van der Waals surface area contributed by atoms with Crippen molar-refractivity contribution in [1.29, 1.82) is 0 Å². The van der Waals surface area contributed by atoms with Gasteiger partial charge >= 0.3 is 0 Å². The van der Waals surface area contributed by atoms with Gasteiger partial charge in [0.1, 0.15) is 11.5 Å². The summed E-state index contributed by atoms with van der Waals surface area (Å²) in [6, 6.07) is 13.0. The average molecular weight is 292 g/mol. The highest BCUT2D eigenvalue weighted by Gasteiger charge is 2.00. The Labute approximate surface area is 124 Å². The number of aryl methyl sites for hydroxylation is 1. The predicted molar refractivity (Wildman–Crippen MR) is 82.7 cm³/mol. The molecule has 0 aromatic heterocycles. The van der Waals surface area contributed by atoms with E-state index >= 15 is 0 Å². The van der Waals surface area contributed by atoms with Gasteiger partial charge in [-0.25, -0.2) is 0 Å². The van der Waals surface area contributed by atoms with Gasteiger partial charge in [0.2, 0.25) is 0 Å². The van der Waals surface area contributed by atoms with Gasteiger partial charge in [-0.3, -0.25) is 0 Å². The van der Waals surface area contributed by atoms with Crippen molar-refractivity contribution in [1.82, 2.24) is 0 Å². The Balaban J connectivity index is 1.71. The van der Waals surface area contributed by atoms with Crippen molar-refractivity contribution in [3.8, 4) is 11.5 Å². The Kier molecular flexibility index (Phi) is 5.13. The van der Waals surface area contributed by atoms with Crippen molar-refractivity contribution in [2.24, 2.45) is 0 Å². The summed E-state index contributed by atoms with van der Waals surface area (Å²) in [6.07, 6.45) is 0.802. The zero-order chi connectivity index (χ0) is 14.4. The molecular weight excluding hydrogens is 274 g/mol. The molecule has 0 aliphatic heterocycles. The molecule has 0 saturated carbocycles. The van der Waals surface area contributed by atoms with E-state index in [2.05, 4.69) is 0 Å². The van der Waals surface area contributed by atoms with E-state index in [9.17, 15) is 0 Å². The van der Waals surface area contributed by atoms with Gasteiger partial charge in [0, 0.05) is 23.2 Å². The molecule has 2 aromatic rings. The first kappa shape index (κ1) is 14.5. The van der Waals surface area contributed by atoms with Crippen molar-refractivity contribution in [3.63, 3.8) is 0 Å². The van der Waals surface area contributed by atoms with Gasteiger partial charge in [0.05, 0.1) is 13.2 Å². The summed E-state index contributed by atoms with van der Waals surface area (Å²) in [7, 11) is 0. The third-order valence-electron chi connectivity index (χ3n) is 2.84. The predicted octanol–water partition coefficient (Wildman–Crippen LogP) is 4.08. The normalized spacial score (nSPS) is 10.3. The number of halogens is 1. The van der Waals surface area contributed by atoms with Crippen molar-refractivity contribution in [2.75, 3.05) is 18.9 Å². The van der Waals surface area contributed by atoms with Gasteiger partial charge < -0.3 is 15.2 Å². The molecule has 2 aromatic carbocycles. The van der Waals surface area contributed by atoms with Crippen LogP contribution in [0, 0.1) is 6.92 Å². The maximum atomic E-state index is 5.81. The summed E-state index contributed by atoms with van der Waals surface area (Å²) >= 11 is 5.81. The van der Waals surface area contributed by atoms with Crippen LogP contribution in [0.25, 0.3) is 0 Å². The number of hydrogen-bond acceptors (Lipinski definition) is 3. The quantitative estimate of drug-likeness (QED) is 0.644. The number of nitrogen functional groups attached to an aromatic ring is 1. The lowest BCUT2D eigenvalue weighted by atomic mass is 10.2. The lowest BCUT2D eigenvalue weighted by Crippen LogP contribution is -2.05. The monoisotopic (exact) mass is 291 g/mol. The third kappa shape index (κ3) is 4.35. The smallest absolute Gasteiger partial charge is 0.124 e. The summed E-state index contributed by atoms with van der Waals surface area (Å²) < 4.78 is 11.3. The number of benzene rings is 2. The van der Waals surface area contributed by atoms with Crippen LogP contribution in [0.4, 0.5) is 5.69 Å². The van der Waals surface area contributed by atoms with Gasteiger partial charge in [-0.05, 0) is 42.8 Å². The van der Waals surface area contributed by atoms with Gasteiger partial charge in [-0.2, -0.15) is 0 Å². The molecule has 0 radical (unpaired) electrons. The molecular formula is C16H18ClNO2. The molecule has 4 heteroatoms. The summed E-state index contributed by atoms with van der Waals surface area (Å²) in [5.41, 5.74) is 7.52. The van der Waals surface area contributed by atoms with Gasteiger partial charge in [-0.1, -0.05) is 17.7 Å². The van der Waals surface area contributed by atoms with Crippen LogP contribution < -0.4 is 15.2 Å². The number of nitrogens with two attached hydrogens (primary N) is 1. The minimum atomic E-state index is 0.595. The summed E-state index contributed by atoms with van der Waals surface area (Å²) in [6.45, 7) is 3.19. The van der Waals surface area contributed by atoms with Gasteiger partial charge in [0.25, 0.3) is 0 Å². The van der Waals surface area contributed by atoms with Crippen LogP contribution in [-0.2, 0) is 0 Å². The van der Waals surface area contributed by atoms with E-state index < -0.39 is 0 Å². The van der Waals surface area contributed by atoms with E-state index in [0.717, 1.165) is 23.5 Å². The number of hydrogen-bond donors (Lipinski definition) is 1. The highest BCUT2D eigenvalue weighted by Crippen LogP contribution is 2.21. The second-order valence-electron chi connectivity index (χ2n) is 4.53. The second kappa shape index (κ2) is 7.06. The Bertz CT molecular complexity index is 555. The first-order valence-corrected chi connectivity index (χ1v) is 6.90. The van der Waals surface area contributed by atoms with Crippen LogP contribution in [0.1, 0.15) is 12.0 Å². The molecule has 2 rings (SSSR count). The average Bonchev–Trinajstić information content (AvgIpc) is 2.44. The largest absolute Gasteiger partial charge is 0.493 e. The van der Waals surface area contributed by atoms with E-state index in [4.69, 9.17) is 26.8 Å². The molecule has 0 bridgehead atoms. The molecule has 0 saturated heterocycles. The van der Waals surface area contributed by atoms with Crippen LogP contribution in [0.15, 0.2) is 42.5 Å². The fourth-order valence-corrected chi connectivity index (χ4v) is 1.86. The van der Waals surface area contributed by atoms with Crippen LogP contribution in [-0.4, -0.2) is 13.2 Å². The molecule has 0 unspecified atom stereocenters. The lowest BCUT2D eigenvalue weighted by Gasteiger charge is -2.10. The zero-order valence-electron chi connectivity index (χ0n) is 11.4. The van der Waals surface area contributed by atoms with Crippen molar-refractivity contribution in [2.45, 2.75) is 13.3 Å². The SMILES string of the molecule is Cc1ccc(N)cc1OCCCOc1ccc(Cl)cc1. The molecule has 0 aliphatic rings. The van der Waals surface area contributed by atoms with E-state index in [0.29, 0.717) is 23.9 Å². The maximum absolute atomic E-state index is 5.81. The third-order valence-corrected chi connectivity index (χ3v) is 3.09. The summed E-state index contributed by atoms with van der Waals surface area (Å²) in [4.78, 5) is 0. The highest BCUT2D eigenvalue weighted by molar-refractivity contribution is 6.30. The minimum absolute atomic E-state index is 0.595. The molecule has 0 heterocycles. The van der Waals surface area contributed by atoms with Crippen molar-refractivity contribution < 1.29 is 9.47 Å². The van der Waals surface area contributed by atoms with E-state index in [1.807, 2.05) is 49.4 Å². The number of rotatable bonds is 6. The summed E-state index contributed by atoms with van der Waals surface area (Å²) in [5, 5.41) is 0.706. The molecule has 106 valence electrons. The van der Waals surface area contributed by atoms with Crippen molar-refractivity contribution >= 4 is 17.3 Å². The number of anilines is 1. The first-order valence-electron chi connectivity index (χ1n) is 6.52. The molecule has 20 heavy (non-hydrogen) atoms. The molecule has 0 atom stereocenters. The zero-order valence-corrected chi connectivity index (χ0v) is 12.2. The Morgan fingerprint density at radius 2 is 1.70 bits per heavy atom. The fraction of sp³-hybridized carbons (Fsp3) is 0.250. The van der Waals surface area contributed by atoms with Crippen LogP contribution >= 0.6 is 11.6 Å². The second-order valence-corrected chi connectivity index (χ2v) is 4.97. The molecule has 0 aliphatic carbocycles.